The van der Waals surface area contributed by atoms with E-state index in [1.807, 2.05) is 24.3 Å². The van der Waals surface area contributed by atoms with Gasteiger partial charge in [-0.2, -0.15) is 0 Å². The number of ether oxygens (including phenoxy) is 1. The molecule has 0 bridgehead atoms. The van der Waals surface area contributed by atoms with Gasteiger partial charge in [-0.05, 0) is 62.7 Å². The average Bonchev–Trinajstić information content (AvgIpc) is 3.17. The summed E-state index contributed by atoms with van der Waals surface area (Å²) in [5.41, 5.74) is 4.33. The summed E-state index contributed by atoms with van der Waals surface area (Å²) in [6.07, 6.45) is 0. The Kier molecular flexibility index (Phi) is 5.96. The van der Waals surface area contributed by atoms with E-state index in [0.29, 0.717) is 18.3 Å². The van der Waals surface area contributed by atoms with E-state index in [-0.39, 0.29) is 0 Å². The smallest absolute Gasteiger partial charge is 0.247 e. The highest BCUT2D eigenvalue weighted by atomic mass is 16.5. The Bertz CT molecular complexity index is 887. The second-order valence-corrected chi connectivity index (χ2v) is 6.26. The van der Waals surface area contributed by atoms with Crippen molar-refractivity contribution in [1.29, 1.82) is 0 Å². The van der Waals surface area contributed by atoms with E-state index in [9.17, 15) is 0 Å². The number of nitrogens with zero attached hydrogens (tertiary/aromatic N) is 3. The van der Waals surface area contributed by atoms with Gasteiger partial charge in [0.2, 0.25) is 11.8 Å². The quantitative estimate of drug-likeness (QED) is 0.633. The molecular formula is C21H26N4O2. The van der Waals surface area contributed by atoms with E-state index in [4.69, 9.17) is 9.15 Å². The highest BCUT2D eigenvalue weighted by molar-refractivity contribution is 5.60. The van der Waals surface area contributed by atoms with Gasteiger partial charge in [0.25, 0.3) is 0 Å². The molecule has 3 rings (SSSR count). The van der Waals surface area contributed by atoms with Gasteiger partial charge in [0.05, 0.1) is 13.7 Å². The first-order valence-electron chi connectivity index (χ1n) is 9.20. The predicted octanol–water partition coefficient (Wildman–Crippen LogP) is 4.51. The molecule has 27 heavy (non-hydrogen) atoms. The lowest BCUT2D eigenvalue weighted by atomic mass is 10.1. The number of methoxy groups -OCH3 is 1. The Hall–Kier alpha value is -3.02. The third-order valence-electron chi connectivity index (χ3n) is 4.55. The summed E-state index contributed by atoms with van der Waals surface area (Å²) in [6.45, 7) is 8.91. The van der Waals surface area contributed by atoms with Gasteiger partial charge >= 0.3 is 0 Å². The summed E-state index contributed by atoms with van der Waals surface area (Å²) < 4.78 is 11.0. The lowest BCUT2D eigenvalue weighted by molar-refractivity contribution is 0.414. The van der Waals surface area contributed by atoms with Gasteiger partial charge in [-0.1, -0.05) is 6.07 Å². The number of aryl methyl sites for hydroxylation is 1. The molecule has 1 N–H and O–H groups in total. The van der Waals surface area contributed by atoms with Crippen LogP contribution in [0.5, 0.6) is 5.75 Å². The Morgan fingerprint density at radius 2 is 1.89 bits per heavy atom. The van der Waals surface area contributed by atoms with Crippen molar-refractivity contribution in [2.75, 3.05) is 30.4 Å². The number of rotatable bonds is 8. The van der Waals surface area contributed by atoms with Crippen molar-refractivity contribution in [2.24, 2.45) is 0 Å². The molecule has 6 nitrogen and oxygen atoms in total. The Balaban J connectivity index is 1.68. The molecule has 6 heteroatoms. The number of anilines is 2. The van der Waals surface area contributed by atoms with Crippen molar-refractivity contribution in [1.82, 2.24) is 10.2 Å². The Labute approximate surface area is 160 Å². The summed E-state index contributed by atoms with van der Waals surface area (Å²) in [5, 5.41) is 11.7. The van der Waals surface area contributed by atoms with Crippen molar-refractivity contribution >= 4 is 11.4 Å². The molecule has 0 atom stereocenters. The summed E-state index contributed by atoms with van der Waals surface area (Å²) in [7, 11) is 1.64. The number of hydrogen-bond donors (Lipinski definition) is 1. The van der Waals surface area contributed by atoms with Crippen LogP contribution in [0.1, 0.15) is 25.3 Å². The number of nitrogens with one attached hydrogen (secondary N) is 1. The Morgan fingerprint density at radius 3 is 2.59 bits per heavy atom. The molecule has 0 aliphatic rings. The summed E-state index contributed by atoms with van der Waals surface area (Å²) >= 11 is 0. The molecule has 0 saturated carbocycles. The van der Waals surface area contributed by atoms with Crippen LogP contribution in [0.3, 0.4) is 0 Å². The molecular weight excluding hydrogens is 340 g/mol. The highest BCUT2D eigenvalue weighted by Gasteiger charge is 2.10. The van der Waals surface area contributed by atoms with Crippen LogP contribution in [0.25, 0.3) is 11.5 Å². The van der Waals surface area contributed by atoms with E-state index >= 15 is 0 Å². The van der Waals surface area contributed by atoms with Crippen molar-refractivity contribution in [3.05, 3.63) is 53.9 Å². The maximum Gasteiger partial charge on any atom is 0.247 e. The Morgan fingerprint density at radius 1 is 1.07 bits per heavy atom. The molecule has 0 saturated heterocycles. The maximum absolute atomic E-state index is 5.78. The molecule has 0 amide bonds. The van der Waals surface area contributed by atoms with Gasteiger partial charge in [0, 0.05) is 30.0 Å². The van der Waals surface area contributed by atoms with Crippen molar-refractivity contribution in [2.45, 2.75) is 27.3 Å². The van der Waals surface area contributed by atoms with Gasteiger partial charge in [-0.25, -0.2) is 0 Å². The standard InChI is InChI=1S/C21H26N4O2/c1-5-25(6-2)17-10-11-19(15(3)12-17)22-14-20-23-24-21(27-20)16-8-7-9-18(13-16)26-4/h7-13,22H,5-6,14H2,1-4H3. The number of aromatic nitrogens is 2. The monoisotopic (exact) mass is 366 g/mol. The molecule has 142 valence electrons. The minimum atomic E-state index is 0.475. The second kappa shape index (κ2) is 8.58. The van der Waals surface area contributed by atoms with E-state index in [0.717, 1.165) is 30.1 Å². The van der Waals surface area contributed by atoms with Crippen LogP contribution >= 0.6 is 0 Å². The molecule has 0 aliphatic carbocycles. The van der Waals surface area contributed by atoms with E-state index < -0.39 is 0 Å². The van der Waals surface area contributed by atoms with Gasteiger partial charge < -0.3 is 19.4 Å². The van der Waals surface area contributed by atoms with Gasteiger partial charge in [0.15, 0.2) is 0 Å². The largest absolute Gasteiger partial charge is 0.497 e. The van der Waals surface area contributed by atoms with Gasteiger partial charge in [-0.3, -0.25) is 0 Å². The van der Waals surface area contributed by atoms with Crippen molar-refractivity contribution < 1.29 is 9.15 Å². The van der Waals surface area contributed by atoms with Crippen LogP contribution in [0.4, 0.5) is 11.4 Å². The fraction of sp³-hybridized carbons (Fsp3) is 0.333. The zero-order valence-corrected chi connectivity index (χ0v) is 16.3. The second-order valence-electron chi connectivity index (χ2n) is 6.26. The van der Waals surface area contributed by atoms with Gasteiger partial charge in [0.1, 0.15) is 5.75 Å². The van der Waals surface area contributed by atoms with Crippen LogP contribution in [0.2, 0.25) is 0 Å². The van der Waals surface area contributed by atoms with E-state index in [1.165, 1.54) is 11.3 Å². The molecule has 0 aliphatic heterocycles. The van der Waals surface area contributed by atoms with E-state index in [2.05, 4.69) is 59.4 Å². The number of hydrogen-bond acceptors (Lipinski definition) is 6. The minimum Gasteiger partial charge on any atom is -0.497 e. The zero-order chi connectivity index (χ0) is 19.2. The normalized spacial score (nSPS) is 10.7. The van der Waals surface area contributed by atoms with Crippen LogP contribution in [-0.2, 0) is 6.54 Å². The van der Waals surface area contributed by atoms with Crippen LogP contribution < -0.4 is 15.0 Å². The fourth-order valence-corrected chi connectivity index (χ4v) is 3.00. The average molecular weight is 366 g/mol. The topological polar surface area (TPSA) is 63.4 Å². The first-order valence-corrected chi connectivity index (χ1v) is 9.20. The summed E-state index contributed by atoms with van der Waals surface area (Å²) in [4.78, 5) is 2.33. The molecule has 0 radical (unpaired) electrons. The highest BCUT2D eigenvalue weighted by Crippen LogP contribution is 2.25. The number of benzene rings is 2. The van der Waals surface area contributed by atoms with Crippen molar-refractivity contribution in [3.63, 3.8) is 0 Å². The lowest BCUT2D eigenvalue weighted by Crippen LogP contribution is -2.21. The third-order valence-corrected chi connectivity index (χ3v) is 4.55. The van der Waals surface area contributed by atoms with Gasteiger partial charge in [-0.15, -0.1) is 10.2 Å². The minimum absolute atomic E-state index is 0.475. The molecule has 2 aromatic carbocycles. The molecule has 3 aromatic rings. The molecule has 1 heterocycles. The van der Waals surface area contributed by atoms with Crippen LogP contribution in [0, 0.1) is 6.92 Å². The SMILES string of the molecule is CCN(CC)c1ccc(NCc2nnc(-c3cccc(OC)c3)o2)c(C)c1. The first kappa shape index (κ1) is 18.8. The summed E-state index contributed by atoms with van der Waals surface area (Å²) in [6, 6.07) is 14.0. The predicted molar refractivity (Wildman–Crippen MR) is 108 cm³/mol. The molecule has 0 fully saturated rings. The van der Waals surface area contributed by atoms with Crippen LogP contribution in [0.15, 0.2) is 46.9 Å². The molecule has 0 unspecified atom stereocenters. The molecule has 0 spiro atoms. The van der Waals surface area contributed by atoms with Crippen molar-refractivity contribution in [3.8, 4) is 17.2 Å². The maximum atomic E-state index is 5.78. The van der Waals surface area contributed by atoms with Crippen LogP contribution in [-0.4, -0.2) is 30.4 Å². The zero-order valence-electron chi connectivity index (χ0n) is 16.3. The summed E-state index contributed by atoms with van der Waals surface area (Å²) in [5.74, 6) is 1.79. The fourth-order valence-electron chi connectivity index (χ4n) is 3.00. The third kappa shape index (κ3) is 4.39. The lowest BCUT2D eigenvalue weighted by Gasteiger charge is -2.22. The first-order chi connectivity index (χ1) is 13.1. The molecule has 1 aromatic heterocycles. The van der Waals surface area contributed by atoms with E-state index in [1.54, 1.807) is 7.11 Å².